The first-order chi connectivity index (χ1) is 14.0. The Bertz CT molecular complexity index is 725. The van der Waals surface area contributed by atoms with Crippen LogP contribution in [0.4, 0.5) is 0 Å². The molecule has 2 aliphatic rings. The van der Waals surface area contributed by atoms with Gasteiger partial charge in [0.15, 0.2) is 5.96 Å². The van der Waals surface area contributed by atoms with Crippen molar-refractivity contribution in [2.24, 2.45) is 10.9 Å². The number of hydrogen-bond acceptors (Lipinski definition) is 3. The highest BCUT2D eigenvalue weighted by molar-refractivity contribution is 5.81. The van der Waals surface area contributed by atoms with E-state index in [1.54, 1.807) is 7.11 Å². The molecule has 0 bridgehead atoms. The standard InChI is InChI=1S/C23H36N4O2/c1-17(2)21(28)27-14-11-18(15-27)26-22(24-3)25-16-23(12-7-8-13-23)19-9-5-6-10-20(19)29-4/h5-6,9-10,17-18H,7-8,11-16H2,1-4H3,(H2,24,25,26). The molecule has 1 aliphatic carbocycles. The number of carbonyl (C=O) groups excluding carboxylic acids is 1. The minimum absolute atomic E-state index is 0.0502. The summed E-state index contributed by atoms with van der Waals surface area (Å²) in [5, 5.41) is 7.10. The van der Waals surface area contributed by atoms with Gasteiger partial charge in [-0.05, 0) is 25.3 Å². The Morgan fingerprint density at radius 1 is 1.31 bits per heavy atom. The first-order valence-corrected chi connectivity index (χ1v) is 10.9. The van der Waals surface area contributed by atoms with Crippen LogP contribution >= 0.6 is 0 Å². The fourth-order valence-corrected chi connectivity index (χ4v) is 4.76. The van der Waals surface area contributed by atoms with Crippen molar-refractivity contribution >= 4 is 11.9 Å². The summed E-state index contributed by atoms with van der Waals surface area (Å²) in [6, 6.07) is 8.64. The van der Waals surface area contributed by atoms with E-state index in [-0.39, 0.29) is 23.3 Å². The molecular formula is C23H36N4O2. The Hall–Kier alpha value is -2.24. The molecule has 1 saturated carbocycles. The molecule has 2 fully saturated rings. The number of amides is 1. The van der Waals surface area contributed by atoms with Crippen LogP contribution in [-0.4, -0.2) is 56.6 Å². The minimum atomic E-state index is 0.0502. The van der Waals surface area contributed by atoms with Crippen molar-refractivity contribution in [1.29, 1.82) is 0 Å². The Morgan fingerprint density at radius 2 is 2.03 bits per heavy atom. The smallest absolute Gasteiger partial charge is 0.225 e. The lowest BCUT2D eigenvalue weighted by atomic mass is 9.78. The van der Waals surface area contributed by atoms with E-state index in [2.05, 4.69) is 33.8 Å². The van der Waals surface area contributed by atoms with Crippen molar-refractivity contribution in [3.63, 3.8) is 0 Å². The average molecular weight is 401 g/mol. The van der Waals surface area contributed by atoms with Crippen molar-refractivity contribution in [2.75, 3.05) is 33.8 Å². The van der Waals surface area contributed by atoms with Crippen LogP contribution in [0, 0.1) is 5.92 Å². The zero-order chi connectivity index (χ0) is 20.9. The molecule has 1 aliphatic heterocycles. The summed E-state index contributed by atoms with van der Waals surface area (Å²) in [4.78, 5) is 18.7. The molecule has 1 unspecified atom stereocenters. The summed E-state index contributed by atoms with van der Waals surface area (Å²) in [5.41, 5.74) is 1.36. The third kappa shape index (κ3) is 4.85. The number of carbonyl (C=O) groups is 1. The highest BCUT2D eigenvalue weighted by Gasteiger charge is 2.38. The number of hydrogen-bond donors (Lipinski definition) is 2. The average Bonchev–Trinajstić information content (AvgIpc) is 3.40. The summed E-state index contributed by atoms with van der Waals surface area (Å²) in [7, 11) is 3.56. The van der Waals surface area contributed by atoms with Crippen LogP contribution in [-0.2, 0) is 10.2 Å². The van der Waals surface area contributed by atoms with Gasteiger partial charge >= 0.3 is 0 Å². The number of methoxy groups -OCH3 is 1. The van der Waals surface area contributed by atoms with Crippen LogP contribution in [0.25, 0.3) is 0 Å². The minimum Gasteiger partial charge on any atom is -0.496 e. The van der Waals surface area contributed by atoms with Crippen LogP contribution in [0.15, 0.2) is 29.3 Å². The maximum atomic E-state index is 12.2. The molecule has 1 saturated heterocycles. The number of nitrogens with zero attached hydrogens (tertiary/aromatic N) is 2. The molecule has 29 heavy (non-hydrogen) atoms. The molecule has 1 aromatic carbocycles. The zero-order valence-corrected chi connectivity index (χ0v) is 18.3. The van der Waals surface area contributed by atoms with E-state index in [1.807, 2.05) is 31.9 Å². The van der Waals surface area contributed by atoms with Gasteiger partial charge in [0.1, 0.15) is 5.75 Å². The third-order valence-electron chi connectivity index (χ3n) is 6.39. The largest absolute Gasteiger partial charge is 0.496 e. The fourth-order valence-electron chi connectivity index (χ4n) is 4.76. The van der Waals surface area contributed by atoms with Crippen molar-refractivity contribution in [2.45, 2.75) is 57.4 Å². The normalized spacial score (nSPS) is 21.5. The Balaban J connectivity index is 1.63. The number of guanidine groups is 1. The zero-order valence-electron chi connectivity index (χ0n) is 18.3. The van der Waals surface area contributed by atoms with Gasteiger partial charge in [0.2, 0.25) is 5.91 Å². The number of likely N-dealkylation sites (tertiary alicyclic amines) is 1. The molecule has 6 heteroatoms. The summed E-state index contributed by atoms with van der Waals surface area (Å²) >= 11 is 0. The van der Waals surface area contributed by atoms with Crippen molar-refractivity contribution in [1.82, 2.24) is 15.5 Å². The maximum Gasteiger partial charge on any atom is 0.225 e. The fraction of sp³-hybridized carbons (Fsp3) is 0.652. The molecule has 1 amide bonds. The van der Waals surface area contributed by atoms with Crippen LogP contribution < -0.4 is 15.4 Å². The van der Waals surface area contributed by atoms with Gasteiger partial charge in [-0.2, -0.15) is 0 Å². The van der Waals surface area contributed by atoms with E-state index >= 15 is 0 Å². The maximum absolute atomic E-state index is 12.2. The molecule has 160 valence electrons. The van der Waals surface area contributed by atoms with Crippen molar-refractivity contribution in [3.05, 3.63) is 29.8 Å². The predicted molar refractivity (Wildman–Crippen MR) is 117 cm³/mol. The summed E-state index contributed by atoms with van der Waals surface area (Å²) < 4.78 is 5.67. The van der Waals surface area contributed by atoms with Gasteiger partial charge in [-0.15, -0.1) is 0 Å². The summed E-state index contributed by atoms with van der Waals surface area (Å²) in [6.45, 7) is 6.31. The van der Waals surface area contributed by atoms with E-state index in [0.29, 0.717) is 0 Å². The third-order valence-corrected chi connectivity index (χ3v) is 6.39. The molecule has 6 nitrogen and oxygen atoms in total. The molecule has 0 spiro atoms. The van der Waals surface area contributed by atoms with Gasteiger partial charge < -0.3 is 20.3 Å². The topological polar surface area (TPSA) is 66.0 Å². The first-order valence-electron chi connectivity index (χ1n) is 10.9. The number of nitrogens with one attached hydrogen (secondary N) is 2. The number of rotatable bonds is 6. The Labute approximate surface area is 175 Å². The lowest BCUT2D eigenvalue weighted by Gasteiger charge is -2.32. The molecule has 0 aromatic heterocycles. The molecular weight excluding hydrogens is 364 g/mol. The summed E-state index contributed by atoms with van der Waals surface area (Å²) in [6.07, 6.45) is 5.73. The molecule has 1 heterocycles. The summed E-state index contributed by atoms with van der Waals surface area (Å²) in [5.74, 6) is 2.07. The number of benzene rings is 1. The second-order valence-electron chi connectivity index (χ2n) is 8.68. The van der Waals surface area contributed by atoms with Gasteiger partial charge in [0, 0.05) is 49.6 Å². The van der Waals surface area contributed by atoms with E-state index in [4.69, 9.17) is 4.74 Å². The monoisotopic (exact) mass is 400 g/mol. The van der Waals surface area contributed by atoms with Crippen LogP contribution in [0.2, 0.25) is 0 Å². The molecule has 1 aromatic rings. The van der Waals surface area contributed by atoms with Crippen LogP contribution in [0.5, 0.6) is 5.75 Å². The molecule has 2 N–H and O–H groups in total. The number of ether oxygens (including phenoxy) is 1. The van der Waals surface area contributed by atoms with E-state index in [9.17, 15) is 4.79 Å². The Kier molecular flexibility index (Phi) is 7.04. The quantitative estimate of drug-likeness (QED) is 0.569. The van der Waals surface area contributed by atoms with Gasteiger partial charge in [-0.3, -0.25) is 9.79 Å². The van der Waals surface area contributed by atoms with Gasteiger partial charge in [-0.25, -0.2) is 0 Å². The van der Waals surface area contributed by atoms with Gasteiger partial charge in [-0.1, -0.05) is 44.9 Å². The van der Waals surface area contributed by atoms with E-state index in [1.165, 1.54) is 18.4 Å². The lowest BCUT2D eigenvalue weighted by Crippen LogP contribution is -2.49. The number of aliphatic imine (C=N–C) groups is 1. The van der Waals surface area contributed by atoms with Crippen LogP contribution in [0.3, 0.4) is 0 Å². The second kappa shape index (κ2) is 9.51. The number of para-hydroxylation sites is 1. The molecule has 3 rings (SSSR count). The highest BCUT2D eigenvalue weighted by Crippen LogP contribution is 2.44. The second-order valence-corrected chi connectivity index (χ2v) is 8.68. The van der Waals surface area contributed by atoms with Crippen molar-refractivity contribution < 1.29 is 9.53 Å². The lowest BCUT2D eigenvalue weighted by molar-refractivity contribution is -0.133. The van der Waals surface area contributed by atoms with E-state index < -0.39 is 0 Å². The first kappa shape index (κ1) is 21.5. The van der Waals surface area contributed by atoms with Gasteiger partial charge in [0.05, 0.1) is 7.11 Å². The SMILES string of the molecule is CN=C(NCC1(c2ccccc2OC)CCCC1)NC1CCN(C(=O)C(C)C)C1. The van der Waals surface area contributed by atoms with E-state index in [0.717, 1.165) is 50.6 Å². The molecule has 1 atom stereocenters. The Morgan fingerprint density at radius 3 is 2.69 bits per heavy atom. The van der Waals surface area contributed by atoms with Gasteiger partial charge in [0.25, 0.3) is 0 Å². The van der Waals surface area contributed by atoms with Crippen LogP contribution in [0.1, 0.15) is 51.5 Å². The predicted octanol–water partition coefficient (Wildman–Crippen LogP) is 2.93. The molecule has 0 radical (unpaired) electrons. The van der Waals surface area contributed by atoms with Crippen molar-refractivity contribution in [3.8, 4) is 5.75 Å². The highest BCUT2D eigenvalue weighted by atomic mass is 16.5.